The smallest absolute Gasteiger partial charge is 0.161 e. The van der Waals surface area contributed by atoms with Crippen molar-refractivity contribution in [2.45, 2.75) is 50.2 Å². The number of piperidine rings is 1. The molecular weight excluding hydrogens is 330 g/mol. The first kappa shape index (κ1) is 18.1. The van der Waals surface area contributed by atoms with Gasteiger partial charge < -0.3 is 23.8 Å². The minimum atomic E-state index is -0.170. The Balaban J connectivity index is 1.49. The normalized spacial score (nSPS) is 25.7. The molecule has 0 saturated carbocycles. The van der Waals surface area contributed by atoms with Crippen LogP contribution >= 0.6 is 0 Å². The maximum Gasteiger partial charge on any atom is 0.161 e. The Morgan fingerprint density at radius 2 is 1.85 bits per heavy atom. The Kier molecular flexibility index (Phi) is 5.39. The van der Waals surface area contributed by atoms with E-state index in [9.17, 15) is 0 Å². The van der Waals surface area contributed by atoms with Crippen LogP contribution in [0.5, 0.6) is 11.5 Å². The first-order valence-corrected chi connectivity index (χ1v) is 9.97. The standard InChI is InChI=1S/C21H31NO4/c1-23-19-13-16-6-12-26-21(18(16)14-20(19)24-2)7-9-22(10-8-21)15-17-5-3-4-11-25-17/h13-14,17H,3-12,15H2,1-2H3. The molecule has 144 valence electrons. The highest BCUT2D eigenvalue weighted by atomic mass is 16.5. The second kappa shape index (κ2) is 7.75. The molecule has 1 spiro atoms. The molecule has 2 fully saturated rings. The quantitative estimate of drug-likeness (QED) is 0.824. The van der Waals surface area contributed by atoms with Gasteiger partial charge in [0.2, 0.25) is 0 Å². The van der Waals surface area contributed by atoms with Crippen LogP contribution in [0.2, 0.25) is 0 Å². The molecule has 4 rings (SSSR count). The maximum atomic E-state index is 6.39. The van der Waals surface area contributed by atoms with Crippen molar-refractivity contribution in [1.82, 2.24) is 4.90 Å². The van der Waals surface area contributed by atoms with E-state index in [0.29, 0.717) is 6.10 Å². The number of ether oxygens (including phenoxy) is 4. The van der Waals surface area contributed by atoms with Crippen LogP contribution in [0.15, 0.2) is 12.1 Å². The van der Waals surface area contributed by atoms with Gasteiger partial charge in [-0.1, -0.05) is 0 Å². The molecule has 1 aromatic carbocycles. The highest BCUT2D eigenvalue weighted by Gasteiger charge is 2.41. The zero-order valence-corrected chi connectivity index (χ0v) is 16.1. The van der Waals surface area contributed by atoms with Gasteiger partial charge in [-0.25, -0.2) is 0 Å². The summed E-state index contributed by atoms with van der Waals surface area (Å²) in [7, 11) is 3.40. The number of rotatable bonds is 4. The largest absolute Gasteiger partial charge is 0.493 e. The number of likely N-dealkylation sites (tertiary alicyclic amines) is 1. The van der Waals surface area contributed by atoms with E-state index in [1.54, 1.807) is 14.2 Å². The van der Waals surface area contributed by atoms with E-state index in [0.717, 1.165) is 63.6 Å². The number of fused-ring (bicyclic) bond motifs is 2. The number of nitrogens with zero attached hydrogens (tertiary/aromatic N) is 1. The third-order valence-electron chi connectivity index (χ3n) is 6.25. The summed E-state index contributed by atoms with van der Waals surface area (Å²) in [5, 5.41) is 0. The minimum Gasteiger partial charge on any atom is -0.493 e. The Labute approximate surface area is 156 Å². The molecule has 1 aromatic rings. The van der Waals surface area contributed by atoms with E-state index in [2.05, 4.69) is 17.0 Å². The first-order valence-electron chi connectivity index (χ1n) is 9.97. The van der Waals surface area contributed by atoms with Gasteiger partial charge in [-0.2, -0.15) is 0 Å². The average Bonchev–Trinajstić information content (AvgIpc) is 2.70. The first-order chi connectivity index (χ1) is 12.7. The lowest BCUT2D eigenvalue weighted by atomic mass is 9.79. The monoisotopic (exact) mass is 361 g/mol. The van der Waals surface area contributed by atoms with Crippen molar-refractivity contribution < 1.29 is 18.9 Å². The second-order valence-corrected chi connectivity index (χ2v) is 7.75. The topological polar surface area (TPSA) is 40.2 Å². The van der Waals surface area contributed by atoms with Gasteiger partial charge in [0.1, 0.15) is 0 Å². The zero-order valence-electron chi connectivity index (χ0n) is 16.1. The molecule has 2 saturated heterocycles. The van der Waals surface area contributed by atoms with Crippen LogP contribution < -0.4 is 9.47 Å². The molecule has 0 radical (unpaired) electrons. The van der Waals surface area contributed by atoms with Crippen LogP contribution in [0.25, 0.3) is 0 Å². The number of hydrogen-bond donors (Lipinski definition) is 0. The highest BCUT2D eigenvalue weighted by Crippen LogP contribution is 2.45. The fraction of sp³-hybridized carbons (Fsp3) is 0.714. The van der Waals surface area contributed by atoms with E-state index < -0.39 is 0 Å². The molecule has 1 atom stereocenters. The Hall–Kier alpha value is -1.30. The molecular formula is C21H31NO4. The summed E-state index contributed by atoms with van der Waals surface area (Å²) >= 11 is 0. The molecule has 5 heteroatoms. The predicted molar refractivity (Wildman–Crippen MR) is 100 cm³/mol. The molecule has 1 unspecified atom stereocenters. The molecule has 3 heterocycles. The van der Waals surface area contributed by atoms with E-state index in [-0.39, 0.29) is 5.60 Å². The van der Waals surface area contributed by atoms with Crippen molar-refractivity contribution in [2.24, 2.45) is 0 Å². The summed E-state index contributed by atoms with van der Waals surface area (Å²) in [6.07, 6.45) is 7.15. The van der Waals surface area contributed by atoms with E-state index >= 15 is 0 Å². The van der Waals surface area contributed by atoms with Crippen molar-refractivity contribution in [3.63, 3.8) is 0 Å². The lowest BCUT2D eigenvalue weighted by Gasteiger charge is -2.46. The van der Waals surface area contributed by atoms with Crippen molar-refractivity contribution in [3.8, 4) is 11.5 Å². The highest BCUT2D eigenvalue weighted by molar-refractivity contribution is 5.50. The van der Waals surface area contributed by atoms with Crippen molar-refractivity contribution in [3.05, 3.63) is 23.3 Å². The Morgan fingerprint density at radius 1 is 1.08 bits per heavy atom. The average molecular weight is 361 g/mol. The van der Waals surface area contributed by atoms with Crippen LogP contribution in [0, 0.1) is 0 Å². The summed E-state index contributed by atoms with van der Waals surface area (Å²) in [6, 6.07) is 4.29. The molecule has 0 amide bonds. The molecule has 0 aliphatic carbocycles. The fourth-order valence-corrected chi connectivity index (χ4v) is 4.74. The number of benzene rings is 1. The van der Waals surface area contributed by atoms with Crippen LogP contribution in [-0.4, -0.2) is 58.1 Å². The van der Waals surface area contributed by atoms with Crippen LogP contribution in [0.4, 0.5) is 0 Å². The van der Waals surface area contributed by atoms with Crippen LogP contribution in [0.3, 0.4) is 0 Å². The van der Waals surface area contributed by atoms with Crippen LogP contribution in [0.1, 0.15) is 43.2 Å². The SMILES string of the molecule is COc1cc2c(cc1OC)C1(CCN(CC3CCCCO3)CC1)OCC2. The molecule has 0 N–H and O–H groups in total. The predicted octanol–water partition coefficient (Wildman–Crippen LogP) is 3.14. The summed E-state index contributed by atoms with van der Waals surface area (Å²) < 4.78 is 23.4. The molecule has 0 bridgehead atoms. The van der Waals surface area contributed by atoms with Gasteiger partial charge in [0.15, 0.2) is 11.5 Å². The fourth-order valence-electron chi connectivity index (χ4n) is 4.74. The third kappa shape index (κ3) is 3.45. The molecule has 26 heavy (non-hydrogen) atoms. The third-order valence-corrected chi connectivity index (χ3v) is 6.25. The van der Waals surface area contributed by atoms with Crippen LogP contribution in [-0.2, 0) is 21.5 Å². The second-order valence-electron chi connectivity index (χ2n) is 7.75. The summed E-state index contributed by atoms with van der Waals surface area (Å²) in [5.41, 5.74) is 2.48. The van der Waals surface area contributed by atoms with Gasteiger partial charge in [0.05, 0.1) is 32.5 Å². The molecule has 5 nitrogen and oxygen atoms in total. The van der Waals surface area contributed by atoms with Gasteiger partial charge in [-0.05, 0) is 61.8 Å². The lowest BCUT2D eigenvalue weighted by Crippen LogP contribution is -2.48. The van der Waals surface area contributed by atoms with Gasteiger partial charge in [-0.3, -0.25) is 0 Å². The maximum absolute atomic E-state index is 6.39. The molecule has 0 aromatic heterocycles. The summed E-state index contributed by atoms with van der Waals surface area (Å²) in [4.78, 5) is 2.56. The van der Waals surface area contributed by atoms with Gasteiger partial charge in [0.25, 0.3) is 0 Å². The number of hydrogen-bond acceptors (Lipinski definition) is 5. The van der Waals surface area contributed by atoms with E-state index in [1.807, 2.05) is 0 Å². The van der Waals surface area contributed by atoms with Gasteiger partial charge in [-0.15, -0.1) is 0 Å². The zero-order chi connectivity index (χ0) is 18.0. The molecule has 3 aliphatic rings. The van der Waals surface area contributed by atoms with Crippen molar-refractivity contribution in [1.29, 1.82) is 0 Å². The lowest BCUT2D eigenvalue weighted by molar-refractivity contribution is -0.105. The Bertz CT molecular complexity index is 619. The minimum absolute atomic E-state index is 0.170. The van der Waals surface area contributed by atoms with Crippen molar-refractivity contribution >= 4 is 0 Å². The van der Waals surface area contributed by atoms with Gasteiger partial charge in [0, 0.05) is 26.2 Å². The van der Waals surface area contributed by atoms with Gasteiger partial charge >= 0.3 is 0 Å². The number of methoxy groups -OCH3 is 2. The van der Waals surface area contributed by atoms with E-state index in [1.165, 1.54) is 30.4 Å². The summed E-state index contributed by atoms with van der Waals surface area (Å²) in [5.74, 6) is 1.62. The summed E-state index contributed by atoms with van der Waals surface area (Å²) in [6.45, 7) is 4.91. The Morgan fingerprint density at radius 3 is 2.54 bits per heavy atom. The molecule has 3 aliphatic heterocycles. The van der Waals surface area contributed by atoms with E-state index in [4.69, 9.17) is 18.9 Å². The van der Waals surface area contributed by atoms with Crippen molar-refractivity contribution in [2.75, 3.05) is 47.1 Å².